The molecule has 0 bridgehead atoms. The van der Waals surface area contributed by atoms with Crippen LogP contribution < -0.4 is 0 Å². The standard InChI is InChI=1S/C12H16O3/c1-9(10-6-4-3-5-7-10)11(8-13)12(14)15-2/h3-7,9,11,13H,8H2,1-2H3. The first kappa shape index (κ1) is 11.7. The summed E-state index contributed by atoms with van der Waals surface area (Å²) in [6.45, 7) is 1.72. The van der Waals surface area contributed by atoms with Crippen LogP contribution in [0.15, 0.2) is 30.3 Å². The van der Waals surface area contributed by atoms with Crippen molar-refractivity contribution in [1.82, 2.24) is 0 Å². The number of hydrogen-bond donors (Lipinski definition) is 1. The zero-order chi connectivity index (χ0) is 11.3. The van der Waals surface area contributed by atoms with Gasteiger partial charge in [-0.3, -0.25) is 4.79 Å². The first-order chi connectivity index (χ1) is 7.20. The van der Waals surface area contributed by atoms with Crippen LogP contribution in [-0.2, 0) is 9.53 Å². The second-order valence-corrected chi connectivity index (χ2v) is 3.51. The van der Waals surface area contributed by atoms with Crippen LogP contribution in [0.3, 0.4) is 0 Å². The minimum absolute atomic E-state index is 0.0383. The molecule has 3 nitrogen and oxygen atoms in total. The van der Waals surface area contributed by atoms with Gasteiger partial charge in [0, 0.05) is 0 Å². The minimum Gasteiger partial charge on any atom is -0.469 e. The van der Waals surface area contributed by atoms with E-state index in [-0.39, 0.29) is 18.5 Å². The third kappa shape index (κ3) is 2.80. The fourth-order valence-electron chi connectivity index (χ4n) is 1.58. The Morgan fingerprint density at radius 3 is 2.47 bits per heavy atom. The van der Waals surface area contributed by atoms with E-state index in [4.69, 9.17) is 5.11 Å². The molecule has 0 spiro atoms. The van der Waals surface area contributed by atoms with Crippen LogP contribution in [0.5, 0.6) is 0 Å². The van der Waals surface area contributed by atoms with Gasteiger partial charge in [0.2, 0.25) is 0 Å². The Labute approximate surface area is 89.7 Å². The van der Waals surface area contributed by atoms with Gasteiger partial charge in [-0.05, 0) is 11.5 Å². The summed E-state index contributed by atoms with van der Waals surface area (Å²) in [5.74, 6) is -0.894. The highest BCUT2D eigenvalue weighted by Crippen LogP contribution is 2.24. The van der Waals surface area contributed by atoms with Crippen LogP contribution in [0, 0.1) is 5.92 Å². The van der Waals surface area contributed by atoms with Gasteiger partial charge in [0.25, 0.3) is 0 Å². The molecule has 0 saturated carbocycles. The highest BCUT2D eigenvalue weighted by molar-refractivity contribution is 5.73. The van der Waals surface area contributed by atoms with E-state index in [1.54, 1.807) is 0 Å². The Bertz CT molecular complexity index is 308. The summed E-state index contributed by atoms with van der Waals surface area (Å²) in [5.41, 5.74) is 1.03. The molecule has 1 aromatic rings. The molecule has 0 aromatic heterocycles. The molecule has 0 fully saturated rings. The molecule has 3 heteroatoms. The van der Waals surface area contributed by atoms with Crippen LogP contribution in [0.25, 0.3) is 0 Å². The molecule has 1 rings (SSSR count). The van der Waals surface area contributed by atoms with Gasteiger partial charge in [0.15, 0.2) is 0 Å². The topological polar surface area (TPSA) is 46.5 Å². The van der Waals surface area contributed by atoms with Gasteiger partial charge in [0.05, 0.1) is 19.6 Å². The zero-order valence-electron chi connectivity index (χ0n) is 9.01. The predicted molar refractivity (Wildman–Crippen MR) is 57.4 cm³/mol. The molecular weight excluding hydrogens is 192 g/mol. The first-order valence-corrected chi connectivity index (χ1v) is 4.94. The molecule has 1 N–H and O–H groups in total. The van der Waals surface area contributed by atoms with Gasteiger partial charge in [-0.25, -0.2) is 0 Å². The number of aliphatic hydroxyl groups is 1. The number of carbonyl (C=O) groups is 1. The SMILES string of the molecule is COC(=O)C(CO)C(C)c1ccccc1. The highest BCUT2D eigenvalue weighted by atomic mass is 16.5. The fourth-order valence-corrected chi connectivity index (χ4v) is 1.58. The summed E-state index contributed by atoms with van der Waals surface area (Å²) in [6.07, 6.45) is 0. The number of ether oxygens (including phenoxy) is 1. The number of rotatable bonds is 4. The lowest BCUT2D eigenvalue weighted by Gasteiger charge is -2.19. The van der Waals surface area contributed by atoms with E-state index in [2.05, 4.69) is 4.74 Å². The normalized spacial score (nSPS) is 14.3. The van der Waals surface area contributed by atoms with Crippen molar-refractivity contribution in [2.45, 2.75) is 12.8 Å². The van der Waals surface area contributed by atoms with Crippen LogP contribution in [0.1, 0.15) is 18.4 Å². The maximum absolute atomic E-state index is 11.4. The van der Waals surface area contributed by atoms with E-state index in [0.29, 0.717) is 0 Å². The van der Waals surface area contributed by atoms with Crippen LogP contribution >= 0.6 is 0 Å². The van der Waals surface area contributed by atoms with Crippen molar-refractivity contribution in [1.29, 1.82) is 0 Å². The molecular formula is C12H16O3. The Balaban J connectivity index is 2.82. The van der Waals surface area contributed by atoms with Crippen molar-refractivity contribution >= 4 is 5.97 Å². The maximum atomic E-state index is 11.4. The summed E-state index contributed by atoms with van der Waals surface area (Å²) >= 11 is 0. The number of esters is 1. The third-order valence-corrected chi connectivity index (χ3v) is 2.63. The molecule has 15 heavy (non-hydrogen) atoms. The summed E-state index contributed by atoms with van der Waals surface area (Å²) in [4.78, 5) is 11.4. The molecule has 2 atom stereocenters. The largest absolute Gasteiger partial charge is 0.469 e. The number of aliphatic hydroxyl groups excluding tert-OH is 1. The number of carbonyl (C=O) groups excluding carboxylic acids is 1. The van der Waals surface area contributed by atoms with Crippen LogP contribution in [0.2, 0.25) is 0 Å². The fraction of sp³-hybridized carbons (Fsp3) is 0.417. The zero-order valence-corrected chi connectivity index (χ0v) is 9.01. The Morgan fingerprint density at radius 1 is 1.40 bits per heavy atom. The average Bonchev–Trinajstić information content (AvgIpc) is 2.30. The van der Waals surface area contributed by atoms with Gasteiger partial charge in [-0.1, -0.05) is 37.3 Å². The van der Waals surface area contributed by atoms with Crippen molar-refractivity contribution in [2.75, 3.05) is 13.7 Å². The lowest BCUT2D eigenvalue weighted by atomic mass is 9.88. The smallest absolute Gasteiger partial charge is 0.311 e. The summed E-state index contributed by atoms with van der Waals surface area (Å²) in [6, 6.07) is 9.63. The van der Waals surface area contributed by atoms with E-state index in [9.17, 15) is 4.79 Å². The molecule has 2 unspecified atom stereocenters. The van der Waals surface area contributed by atoms with Gasteiger partial charge in [-0.15, -0.1) is 0 Å². The highest BCUT2D eigenvalue weighted by Gasteiger charge is 2.26. The lowest BCUT2D eigenvalue weighted by molar-refractivity contribution is -0.147. The van der Waals surface area contributed by atoms with Gasteiger partial charge < -0.3 is 9.84 Å². The lowest BCUT2D eigenvalue weighted by Crippen LogP contribution is -2.25. The molecule has 0 saturated heterocycles. The van der Waals surface area contributed by atoms with E-state index in [1.165, 1.54) is 7.11 Å². The van der Waals surface area contributed by atoms with Crippen molar-refractivity contribution in [3.63, 3.8) is 0 Å². The molecule has 1 aromatic carbocycles. The molecule has 0 radical (unpaired) electrons. The quantitative estimate of drug-likeness (QED) is 0.764. The van der Waals surface area contributed by atoms with E-state index >= 15 is 0 Å². The third-order valence-electron chi connectivity index (χ3n) is 2.63. The average molecular weight is 208 g/mol. The van der Waals surface area contributed by atoms with Crippen molar-refractivity contribution in [2.24, 2.45) is 5.92 Å². The second-order valence-electron chi connectivity index (χ2n) is 3.51. The van der Waals surface area contributed by atoms with Crippen LogP contribution in [-0.4, -0.2) is 24.8 Å². The van der Waals surface area contributed by atoms with Gasteiger partial charge in [0.1, 0.15) is 0 Å². The van der Waals surface area contributed by atoms with E-state index in [0.717, 1.165) is 5.56 Å². The molecule has 0 heterocycles. The van der Waals surface area contributed by atoms with E-state index in [1.807, 2.05) is 37.3 Å². The minimum atomic E-state index is -0.489. The Kier molecular flexibility index (Phi) is 4.31. The second kappa shape index (κ2) is 5.51. The monoisotopic (exact) mass is 208 g/mol. The van der Waals surface area contributed by atoms with Crippen molar-refractivity contribution in [3.05, 3.63) is 35.9 Å². The van der Waals surface area contributed by atoms with Gasteiger partial charge >= 0.3 is 5.97 Å². The number of methoxy groups -OCH3 is 1. The molecule has 0 aliphatic carbocycles. The number of hydrogen-bond acceptors (Lipinski definition) is 3. The van der Waals surface area contributed by atoms with Crippen LogP contribution in [0.4, 0.5) is 0 Å². The number of benzene rings is 1. The Hall–Kier alpha value is -1.35. The summed E-state index contributed by atoms with van der Waals surface area (Å²) in [7, 11) is 1.34. The maximum Gasteiger partial charge on any atom is 0.311 e. The molecule has 82 valence electrons. The molecule has 0 aliphatic rings. The molecule has 0 amide bonds. The van der Waals surface area contributed by atoms with Crippen molar-refractivity contribution < 1.29 is 14.6 Å². The summed E-state index contributed by atoms with van der Waals surface area (Å²) in [5, 5.41) is 9.16. The van der Waals surface area contributed by atoms with Crippen molar-refractivity contribution in [3.8, 4) is 0 Å². The molecule has 0 aliphatic heterocycles. The van der Waals surface area contributed by atoms with E-state index < -0.39 is 5.92 Å². The predicted octanol–water partition coefficient (Wildman–Crippen LogP) is 1.57. The Morgan fingerprint density at radius 2 is 2.00 bits per heavy atom. The van der Waals surface area contributed by atoms with Gasteiger partial charge in [-0.2, -0.15) is 0 Å². The summed E-state index contributed by atoms with van der Waals surface area (Å²) < 4.78 is 4.65. The first-order valence-electron chi connectivity index (χ1n) is 4.94.